The molecule has 2 aliphatic rings. The number of ether oxygens (including phenoxy) is 3. The summed E-state index contributed by atoms with van der Waals surface area (Å²) < 4.78 is 16.3. The zero-order chi connectivity index (χ0) is 18.7. The highest BCUT2D eigenvalue weighted by Gasteiger charge is 2.23. The smallest absolute Gasteiger partial charge is 0.227 e. The highest BCUT2D eigenvalue weighted by molar-refractivity contribution is 6.10. The number of ketones is 2. The Labute approximate surface area is 151 Å². The van der Waals surface area contributed by atoms with Gasteiger partial charge in [-0.25, -0.2) is 0 Å². The lowest BCUT2D eigenvalue weighted by Gasteiger charge is -2.21. The lowest BCUT2D eigenvalue weighted by atomic mass is 10.00. The second-order valence-corrected chi connectivity index (χ2v) is 5.67. The zero-order valence-corrected chi connectivity index (χ0v) is 14.7. The Morgan fingerprint density at radius 2 is 1.96 bits per heavy atom. The molecule has 3 rings (SSSR count). The molecule has 5 heteroatoms. The third kappa shape index (κ3) is 3.24. The monoisotopic (exact) mass is 350 g/mol. The minimum Gasteiger partial charge on any atom is -0.493 e. The van der Waals surface area contributed by atoms with Gasteiger partial charge in [0.25, 0.3) is 0 Å². The first-order chi connectivity index (χ1) is 12.5. The molecule has 0 bridgehead atoms. The van der Waals surface area contributed by atoms with Crippen LogP contribution in [0, 0.1) is 0 Å². The summed E-state index contributed by atoms with van der Waals surface area (Å²) in [6, 6.07) is 5.46. The van der Waals surface area contributed by atoms with Crippen molar-refractivity contribution in [2.45, 2.75) is 6.92 Å². The standard InChI is InChI=1S/C21H18O5/c1-13(22)16-12-15-7-5-9-19(25-3)21(15)26-17(16)11-10-14-6-4-8-18(24-2)20(14)23/h4-12H,1-3H3/b14-10-,17-11-. The molecular formula is C21H18O5. The lowest BCUT2D eigenvalue weighted by molar-refractivity contribution is -0.115. The molecule has 0 aromatic heterocycles. The quantitative estimate of drug-likeness (QED) is 0.777. The zero-order valence-electron chi connectivity index (χ0n) is 14.7. The molecule has 1 aliphatic heterocycles. The first-order valence-corrected chi connectivity index (χ1v) is 8.02. The van der Waals surface area contributed by atoms with Crippen LogP contribution in [-0.2, 0) is 14.3 Å². The van der Waals surface area contributed by atoms with Crippen molar-refractivity contribution in [2.75, 3.05) is 14.2 Å². The van der Waals surface area contributed by atoms with Crippen LogP contribution in [0.3, 0.4) is 0 Å². The minimum atomic E-state index is -0.228. The molecule has 0 saturated heterocycles. The molecule has 1 heterocycles. The lowest BCUT2D eigenvalue weighted by Crippen LogP contribution is -2.12. The fraction of sp³-hybridized carbons (Fsp3) is 0.143. The molecule has 0 N–H and O–H groups in total. The van der Waals surface area contributed by atoms with E-state index in [1.807, 2.05) is 12.1 Å². The van der Waals surface area contributed by atoms with Crippen LogP contribution < -0.4 is 9.47 Å². The van der Waals surface area contributed by atoms with Gasteiger partial charge in [0.05, 0.1) is 19.8 Å². The third-order valence-electron chi connectivity index (χ3n) is 4.03. The summed E-state index contributed by atoms with van der Waals surface area (Å²) in [5.41, 5.74) is 1.63. The molecular weight excluding hydrogens is 332 g/mol. The molecule has 0 unspecified atom stereocenters. The molecule has 5 nitrogen and oxygen atoms in total. The van der Waals surface area contributed by atoms with E-state index in [9.17, 15) is 9.59 Å². The fourth-order valence-electron chi connectivity index (χ4n) is 2.70. The molecule has 26 heavy (non-hydrogen) atoms. The highest BCUT2D eigenvalue weighted by Crippen LogP contribution is 2.39. The maximum atomic E-state index is 12.3. The normalized spacial score (nSPS) is 18.8. The number of Topliss-reactive ketones (excluding diaryl/α,β-unsaturated/α-hetero) is 2. The Balaban J connectivity index is 2.02. The van der Waals surface area contributed by atoms with Gasteiger partial charge in [-0.1, -0.05) is 24.3 Å². The number of carbonyl (C=O) groups excluding carboxylic acids is 2. The summed E-state index contributed by atoms with van der Waals surface area (Å²) >= 11 is 0. The van der Waals surface area contributed by atoms with Crippen LogP contribution in [0.25, 0.3) is 6.08 Å². The van der Waals surface area contributed by atoms with Gasteiger partial charge >= 0.3 is 0 Å². The van der Waals surface area contributed by atoms with Crippen LogP contribution in [0.15, 0.2) is 71.2 Å². The number of carbonyl (C=O) groups is 2. The first kappa shape index (κ1) is 17.5. The summed E-state index contributed by atoms with van der Waals surface area (Å²) in [4.78, 5) is 24.3. The number of rotatable bonds is 4. The number of hydrogen-bond acceptors (Lipinski definition) is 5. The fourth-order valence-corrected chi connectivity index (χ4v) is 2.70. The molecule has 0 amide bonds. The minimum absolute atomic E-state index is 0.133. The Hall–Kier alpha value is -3.34. The van der Waals surface area contributed by atoms with E-state index in [0.717, 1.165) is 5.56 Å². The summed E-state index contributed by atoms with van der Waals surface area (Å²) in [6.07, 6.45) is 9.98. The predicted molar refractivity (Wildman–Crippen MR) is 97.7 cm³/mol. The molecule has 0 atom stereocenters. The van der Waals surface area contributed by atoms with E-state index < -0.39 is 0 Å². The van der Waals surface area contributed by atoms with Crippen LogP contribution in [-0.4, -0.2) is 25.8 Å². The SMILES string of the molecule is COC1=CC=C/C(=C/C=C2\Oc3c(cccc3OC)C=C2C(C)=O)C1=O. The van der Waals surface area contributed by atoms with Crippen molar-refractivity contribution in [3.63, 3.8) is 0 Å². The van der Waals surface area contributed by atoms with Crippen LogP contribution in [0.4, 0.5) is 0 Å². The van der Waals surface area contributed by atoms with Crippen molar-refractivity contribution in [3.8, 4) is 11.5 Å². The van der Waals surface area contributed by atoms with E-state index in [4.69, 9.17) is 14.2 Å². The van der Waals surface area contributed by atoms with Gasteiger partial charge in [0, 0.05) is 11.1 Å². The van der Waals surface area contributed by atoms with Crippen molar-refractivity contribution >= 4 is 17.6 Å². The van der Waals surface area contributed by atoms with Crippen molar-refractivity contribution < 1.29 is 23.8 Å². The van der Waals surface area contributed by atoms with Crippen molar-refractivity contribution in [3.05, 3.63) is 76.8 Å². The summed E-state index contributed by atoms with van der Waals surface area (Å²) in [7, 11) is 3.00. The Bertz CT molecular complexity index is 926. The number of para-hydroxylation sites is 1. The van der Waals surface area contributed by atoms with Gasteiger partial charge in [0.2, 0.25) is 5.78 Å². The first-order valence-electron chi connectivity index (χ1n) is 8.02. The van der Waals surface area contributed by atoms with Gasteiger partial charge in [-0.15, -0.1) is 0 Å². The molecule has 1 aromatic carbocycles. The van der Waals surface area contributed by atoms with Crippen molar-refractivity contribution in [1.82, 2.24) is 0 Å². The van der Waals surface area contributed by atoms with Gasteiger partial charge in [0.1, 0.15) is 5.76 Å². The van der Waals surface area contributed by atoms with Crippen LogP contribution in [0.1, 0.15) is 12.5 Å². The number of methoxy groups -OCH3 is 2. The van der Waals surface area contributed by atoms with E-state index in [0.29, 0.717) is 28.4 Å². The van der Waals surface area contributed by atoms with Gasteiger partial charge in [-0.05, 0) is 37.3 Å². The van der Waals surface area contributed by atoms with Crippen molar-refractivity contribution in [1.29, 1.82) is 0 Å². The van der Waals surface area contributed by atoms with Crippen LogP contribution >= 0.6 is 0 Å². The van der Waals surface area contributed by atoms with E-state index >= 15 is 0 Å². The number of benzene rings is 1. The molecule has 132 valence electrons. The van der Waals surface area contributed by atoms with Crippen LogP contribution in [0.2, 0.25) is 0 Å². The van der Waals surface area contributed by atoms with Crippen LogP contribution in [0.5, 0.6) is 11.5 Å². The molecule has 0 saturated carbocycles. The average Bonchev–Trinajstić information content (AvgIpc) is 2.65. The van der Waals surface area contributed by atoms with E-state index in [2.05, 4.69) is 0 Å². The average molecular weight is 350 g/mol. The molecule has 0 radical (unpaired) electrons. The Morgan fingerprint density at radius 3 is 2.65 bits per heavy atom. The topological polar surface area (TPSA) is 61.8 Å². The summed E-state index contributed by atoms with van der Waals surface area (Å²) in [6.45, 7) is 1.47. The van der Waals surface area contributed by atoms with Crippen molar-refractivity contribution in [2.24, 2.45) is 0 Å². The molecule has 0 spiro atoms. The van der Waals surface area contributed by atoms with Gasteiger partial charge in [-0.3, -0.25) is 9.59 Å². The predicted octanol–water partition coefficient (Wildman–Crippen LogP) is 3.54. The van der Waals surface area contributed by atoms with Gasteiger partial charge in [-0.2, -0.15) is 0 Å². The van der Waals surface area contributed by atoms with Gasteiger partial charge in [0.15, 0.2) is 23.0 Å². The number of allylic oxidation sites excluding steroid dienone is 7. The molecule has 1 aliphatic carbocycles. The third-order valence-corrected chi connectivity index (χ3v) is 4.03. The summed E-state index contributed by atoms with van der Waals surface area (Å²) in [5.74, 6) is 1.36. The Morgan fingerprint density at radius 1 is 1.15 bits per heavy atom. The number of fused-ring (bicyclic) bond motifs is 1. The summed E-state index contributed by atoms with van der Waals surface area (Å²) in [5, 5.41) is 0. The Kier molecular flexibility index (Phi) is 4.89. The number of hydrogen-bond donors (Lipinski definition) is 0. The maximum absolute atomic E-state index is 12.3. The largest absolute Gasteiger partial charge is 0.493 e. The molecule has 0 fully saturated rings. The van der Waals surface area contributed by atoms with E-state index in [-0.39, 0.29) is 17.3 Å². The highest BCUT2D eigenvalue weighted by atomic mass is 16.5. The molecule has 1 aromatic rings. The van der Waals surface area contributed by atoms with E-state index in [1.54, 1.807) is 49.6 Å². The second kappa shape index (κ2) is 7.27. The maximum Gasteiger partial charge on any atom is 0.227 e. The van der Waals surface area contributed by atoms with Gasteiger partial charge < -0.3 is 14.2 Å². The van der Waals surface area contributed by atoms with E-state index in [1.165, 1.54) is 14.0 Å². The second-order valence-electron chi connectivity index (χ2n) is 5.67.